The predicted octanol–water partition coefficient (Wildman–Crippen LogP) is 2.70. The number of rotatable bonds is 6. The predicted molar refractivity (Wildman–Crippen MR) is 120 cm³/mol. The van der Waals surface area contributed by atoms with Crippen molar-refractivity contribution in [3.63, 3.8) is 0 Å². The molecule has 32 heavy (non-hydrogen) atoms. The van der Waals surface area contributed by atoms with Crippen molar-refractivity contribution in [1.82, 2.24) is 9.80 Å². The largest absolute Gasteiger partial charge is 0.459 e. The Hall–Kier alpha value is -3.13. The number of amides is 3. The first-order valence-electron chi connectivity index (χ1n) is 10.3. The minimum atomic E-state index is -0.983. The Morgan fingerprint density at radius 2 is 1.53 bits per heavy atom. The Morgan fingerprint density at radius 1 is 1.00 bits per heavy atom. The van der Waals surface area contributed by atoms with Gasteiger partial charge in [-0.15, -0.1) is 0 Å². The van der Waals surface area contributed by atoms with Crippen molar-refractivity contribution in [2.24, 2.45) is 0 Å². The highest BCUT2D eigenvalue weighted by Crippen LogP contribution is 2.37. The summed E-state index contributed by atoms with van der Waals surface area (Å²) in [6.07, 6.45) is 0. The molecule has 0 aromatic heterocycles. The van der Waals surface area contributed by atoms with Crippen molar-refractivity contribution in [2.75, 3.05) is 0 Å². The van der Waals surface area contributed by atoms with Gasteiger partial charge < -0.3 is 9.64 Å². The topological polar surface area (TPSA) is 84.0 Å². The summed E-state index contributed by atoms with van der Waals surface area (Å²) in [4.78, 5) is 54.2. The molecule has 2 aromatic carbocycles. The maximum atomic E-state index is 13.2. The lowest BCUT2D eigenvalue weighted by Gasteiger charge is -2.53. The second-order valence-corrected chi connectivity index (χ2v) is 9.76. The van der Waals surface area contributed by atoms with Crippen molar-refractivity contribution in [1.29, 1.82) is 0 Å². The normalized spacial score (nSPS) is 21.3. The van der Waals surface area contributed by atoms with E-state index in [-0.39, 0.29) is 17.7 Å². The molecule has 3 atom stereocenters. The molecule has 166 valence electrons. The summed E-state index contributed by atoms with van der Waals surface area (Å²) in [7, 11) is 0. The fraction of sp³-hybridized carbons (Fsp3) is 0.333. The number of fused-ring (bicyclic) bond motifs is 1. The van der Waals surface area contributed by atoms with Crippen LogP contribution >= 0.6 is 12.6 Å². The van der Waals surface area contributed by atoms with Crippen LogP contribution in [-0.4, -0.2) is 56.4 Å². The highest BCUT2D eigenvalue weighted by Gasteiger charge is 2.59. The molecular weight excluding hydrogens is 428 g/mol. The number of carbonyl (C=O) groups excluding carboxylic acids is 4. The van der Waals surface area contributed by atoms with E-state index in [1.807, 2.05) is 30.3 Å². The Morgan fingerprint density at radius 3 is 2.03 bits per heavy atom. The third-order valence-corrected chi connectivity index (χ3v) is 6.15. The van der Waals surface area contributed by atoms with Crippen LogP contribution in [0.25, 0.3) is 0 Å². The summed E-state index contributed by atoms with van der Waals surface area (Å²) in [6, 6.07) is 13.2. The van der Waals surface area contributed by atoms with E-state index in [0.29, 0.717) is 0 Å². The molecule has 0 bridgehead atoms. The number of imide groups is 1. The third-order valence-electron chi connectivity index (χ3n) is 5.90. The minimum absolute atomic E-state index is 0.0677. The van der Waals surface area contributed by atoms with Gasteiger partial charge in [0.25, 0.3) is 11.8 Å². The number of hydrogen-bond acceptors (Lipinski definition) is 6. The van der Waals surface area contributed by atoms with E-state index in [4.69, 9.17) is 4.74 Å². The molecule has 8 heteroatoms. The van der Waals surface area contributed by atoms with E-state index in [2.05, 4.69) is 12.6 Å². The molecule has 2 aromatic rings. The van der Waals surface area contributed by atoms with Crippen LogP contribution in [0.1, 0.15) is 47.1 Å². The lowest BCUT2D eigenvalue weighted by molar-refractivity contribution is -0.172. The molecule has 0 aliphatic carbocycles. The second-order valence-electron chi connectivity index (χ2n) is 8.61. The average molecular weight is 453 g/mol. The Kier molecular flexibility index (Phi) is 5.58. The van der Waals surface area contributed by atoms with Crippen LogP contribution in [-0.2, 0) is 20.9 Å². The van der Waals surface area contributed by atoms with Gasteiger partial charge in [-0.3, -0.25) is 19.3 Å². The molecule has 4 rings (SSSR count). The van der Waals surface area contributed by atoms with Gasteiger partial charge in [0.05, 0.1) is 17.2 Å². The maximum absolute atomic E-state index is 13.2. The number of benzene rings is 2. The second kappa shape index (κ2) is 8.09. The molecule has 1 fully saturated rings. The molecule has 3 amide bonds. The monoisotopic (exact) mass is 452 g/mol. The molecule has 2 aliphatic rings. The van der Waals surface area contributed by atoms with Crippen molar-refractivity contribution in [2.45, 2.75) is 50.3 Å². The van der Waals surface area contributed by atoms with Crippen LogP contribution in [0.3, 0.4) is 0 Å². The molecular formula is C24H24N2O5S. The van der Waals surface area contributed by atoms with Gasteiger partial charge in [0, 0.05) is 4.75 Å². The highest BCUT2D eigenvalue weighted by atomic mass is 32.1. The Bertz CT molecular complexity index is 1060. The lowest BCUT2D eigenvalue weighted by Crippen LogP contribution is -2.76. The van der Waals surface area contributed by atoms with E-state index in [9.17, 15) is 19.2 Å². The zero-order valence-electron chi connectivity index (χ0n) is 18.0. The fourth-order valence-corrected chi connectivity index (χ4v) is 4.56. The van der Waals surface area contributed by atoms with Crippen LogP contribution in [0.2, 0.25) is 0 Å². The number of nitrogens with zero attached hydrogens (tertiary/aromatic N) is 2. The molecule has 7 nitrogen and oxygen atoms in total. The first kappa shape index (κ1) is 22.1. The van der Waals surface area contributed by atoms with E-state index in [1.165, 1.54) is 4.90 Å². The number of β-lactam (4-membered cyclic amide) rings is 1. The van der Waals surface area contributed by atoms with Crippen molar-refractivity contribution in [3.05, 3.63) is 71.3 Å². The van der Waals surface area contributed by atoms with Gasteiger partial charge in [-0.1, -0.05) is 42.5 Å². The van der Waals surface area contributed by atoms with Gasteiger partial charge in [-0.25, -0.2) is 4.79 Å². The van der Waals surface area contributed by atoms with Gasteiger partial charge in [0.1, 0.15) is 18.7 Å². The molecule has 0 unspecified atom stereocenters. The summed E-state index contributed by atoms with van der Waals surface area (Å²) in [5, 5.41) is 0. The van der Waals surface area contributed by atoms with Crippen LogP contribution < -0.4 is 0 Å². The van der Waals surface area contributed by atoms with Gasteiger partial charge in [0.2, 0.25) is 5.91 Å². The van der Waals surface area contributed by atoms with E-state index in [1.54, 1.807) is 45.0 Å². The van der Waals surface area contributed by atoms with Gasteiger partial charge >= 0.3 is 5.97 Å². The molecule has 1 saturated heterocycles. The smallest absolute Gasteiger partial charge is 0.330 e. The minimum Gasteiger partial charge on any atom is -0.459 e. The molecule has 0 N–H and O–H groups in total. The quantitative estimate of drug-likeness (QED) is 0.315. The molecule has 0 saturated carbocycles. The first-order valence-corrected chi connectivity index (χ1v) is 10.8. The average Bonchev–Trinajstić information content (AvgIpc) is 3.01. The molecule has 2 heterocycles. The summed E-state index contributed by atoms with van der Waals surface area (Å²) in [5.41, 5.74) is 1.39. The van der Waals surface area contributed by atoms with Crippen LogP contribution in [0.15, 0.2) is 54.6 Å². The first-order chi connectivity index (χ1) is 15.1. The third kappa shape index (κ3) is 3.58. The number of thiol groups is 1. The summed E-state index contributed by atoms with van der Waals surface area (Å²) >= 11 is 4.55. The zero-order chi connectivity index (χ0) is 23.2. The maximum Gasteiger partial charge on any atom is 0.330 e. The summed E-state index contributed by atoms with van der Waals surface area (Å²) in [5.74, 6) is -2.06. The zero-order valence-corrected chi connectivity index (χ0v) is 18.9. The van der Waals surface area contributed by atoms with Crippen molar-refractivity contribution < 1.29 is 23.9 Å². The molecule has 0 spiro atoms. The summed E-state index contributed by atoms with van der Waals surface area (Å²) < 4.78 is 4.58. The number of esters is 1. The van der Waals surface area contributed by atoms with E-state index < -0.39 is 46.6 Å². The van der Waals surface area contributed by atoms with Gasteiger partial charge in [-0.05, 0) is 38.5 Å². The van der Waals surface area contributed by atoms with Crippen molar-refractivity contribution in [3.8, 4) is 0 Å². The van der Waals surface area contributed by atoms with Crippen LogP contribution in [0.5, 0.6) is 0 Å². The molecule has 0 radical (unpaired) electrons. The fourth-order valence-electron chi connectivity index (χ4n) is 4.33. The van der Waals surface area contributed by atoms with E-state index >= 15 is 0 Å². The molecule has 2 aliphatic heterocycles. The van der Waals surface area contributed by atoms with Crippen LogP contribution in [0.4, 0.5) is 0 Å². The Labute approximate surface area is 191 Å². The number of likely N-dealkylation sites (tertiary alicyclic amines) is 1. The summed E-state index contributed by atoms with van der Waals surface area (Å²) in [6.45, 7) is 5.23. The standard InChI is InChI=1S/C24H24N2O5S/c1-14-18(26-20(27)16-11-7-8-12-17(16)21(26)28)22(29)25(14)19(24(2,3)32)23(30)31-13-15-9-5-4-6-10-15/h4-12,14,18-19,32H,13H2,1-3H3/t14-,18+,19+/m1/s1. The van der Waals surface area contributed by atoms with Gasteiger partial charge in [0.15, 0.2) is 0 Å². The Balaban J connectivity index is 1.54. The SMILES string of the molecule is C[C@@H]1[C@H](N2C(=O)c3ccccc3C2=O)C(=O)N1[C@@H](C(=O)OCc1ccccc1)C(C)(C)S. The number of ether oxygens (including phenoxy) is 1. The van der Waals surface area contributed by atoms with Crippen molar-refractivity contribution >= 4 is 36.3 Å². The van der Waals surface area contributed by atoms with Gasteiger partial charge in [-0.2, -0.15) is 12.6 Å². The van der Waals surface area contributed by atoms with Crippen LogP contribution in [0, 0.1) is 0 Å². The number of carbonyl (C=O) groups is 4. The lowest BCUT2D eigenvalue weighted by atomic mass is 9.88. The number of hydrogen-bond donors (Lipinski definition) is 1. The highest BCUT2D eigenvalue weighted by molar-refractivity contribution is 7.81. The van der Waals surface area contributed by atoms with E-state index in [0.717, 1.165) is 10.5 Å².